The van der Waals surface area contributed by atoms with Gasteiger partial charge in [-0.05, 0) is 31.0 Å². The lowest BCUT2D eigenvalue weighted by Crippen LogP contribution is -2.58. The molecule has 0 bridgehead atoms. The lowest BCUT2D eigenvalue weighted by Gasteiger charge is -2.42. The van der Waals surface area contributed by atoms with Gasteiger partial charge in [0.05, 0.1) is 37.9 Å². The van der Waals surface area contributed by atoms with Gasteiger partial charge in [-0.2, -0.15) is 0 Å². The first-order chi connectivity index (χ1) is 20.4. The van der Waals surface area contributed by atoms with Crippen LogP contribution in [0.3, 0.4) is 0 Å². The largest absolute Gasteiger partial charge is 0.496 e. The van der Waals surface area contributed by atoms with Crippen LogP contribution in [0, 0.1) is 5.92 Å². The highest BCUT2D eigenvalue weighted by atomic mass is 35.5. The van der Waals surface area contributed by atoms with Crippen molar-refractivity contribution in [2.75, 3.05) is 21.3 Å². The fourth-order valence-electron chi connectivity index (χ4n) is 6.69. The lowest BCUT2D eigenvalue weighted by atomic mass is 9.65. The molecule has 6 rings (SSSR count). The molecule has 0 unspecified atom stereocenters. The first-order valence-corrected chi connectivity index (χ1v) is 14.0. The maximum atomic E-state index is 14.9. The van der Waals surface area contributed by atoms with Gasteiger partial charge in [-0.3, -0.25) is 18.7 Å². The van der Waals surface area contributed by atoms with Gasteiger partial charge in [0.25, 0.3) is 0 Å². The number of hydrogen-bond donors (Lipinski definition) is 1. The van der Waals surface area contributed by atoms with E-state index in [-0.39, 0.29) is 51.1 Å². The van der Waals surface area contributed by atoms with Crippen molar-refractivity contribution in [1.29, 1.82) is 0 Å². The number of aryl methyl sites for hydroxylation is 2. The minimum absolute atomic E-state index is 0.00746. The molecule has 3 heterocycles. The summed E-state index contributed by atoms with van der Waals surface area (Å²) in [5.41, 5.74) is 1.23. The number of hydrogen-bond acceptors (Lipinski definition) is 9. The van der Waals surface area contributed by atoms with E-state index in [1.54, 1.807) is 46.1 Å². The van der Waals surface area contributed by atoms with Gasteiger partial charge in [-0.25, -0.2) is 9.59 Å². The standard InChI is InChI=1S/C31H30ClN3O8/c1-13-10-16-23(27(36)31(13)28(37)24-19(40-5)12-20(41-6)25(32)26(24)43-31)22(21(14(2)33-16)29(38)42-7)15-8-9-17-18(11-15)35(4)30(39)34(17)3/h8-9,11-13,22,33H,10H2,1-7H3/t13-,22-,31+/m1/s1. The maximum absolute atomic E-state index is 14.9. The Morgan fingerprint density at radius 3 is 2.35 bits per heavy atom. The van der Waals surface area contributed by atoms with Gasteiger partial charge in [0.15, 0.2) is 5.75 Å². The number of methoxy groups -OCH3 is 3. The molecule has 0 saturated heterocycles. The van der Waals surface area contributed by atoms with E-state index in [4.69, 9.17) is 30.5 Å². The molecule has 11 nitrogen and oxygen atoms in total. The Bertz CT molecular complexity index is 1920. The Morgan fingerprint density at radius 2 is 1.70 bits per heavy atom. The molecule has 43 heavy (non-hydrogen) atoms. The minimum atomic E-state index is -1.97. The van der Waals surface area contributed by atoms with Gasteiger partial charge in [0.1, 0.15) is 22.1 Å². The SMILES string of the molecule is COC(=O)C1=C(C)NC2=C(C(=O)[C@@]3(Oc4c(Cl)c(OC)cc(OC)c4C3=O)[C@H](C)C2)[C@@H]1c1ccc2c(c1)n(C)c(=O)n2C. The maximum Gasteiger partial charge on any atom is 0.336 e. The van der Waals surface area contributed by atoms with Crippen molar-refractivity contribution in [1.82, 2.24) is 14.5 Å². The number of nitrogens with zero attached hydrogens (tertiary/aromatic N) is 2. The predicted molar refractivity (Wildman–Crippen MR) is 157 cm³/mol. The number of allylic oxidation sites excluding steroid dienone is 2. The number of Topliss-reactive ketones (excluding diaryl/α,β-unsaturated/α-hetero) is 2. The first kappa shape index (κ1) is 28.6. The van der Waals surface area contributed by atoms with E-state index in [2.05, 4.69) is 5.32 Å². The first-order valence-electron chi connectivity index (χ1n) is 13.6. The van der Waals surface area contributed by atoms with Crippen LogP contribution in [0.1, 0.15) is 42.1 Å². The van der Waals surface area contributed by atoms with Crippen LogP contribution in [0.5, 0.6) is 17.2 Å². The molecule has 1 aromatic heterocycles. The molecule has 1 spiro atoms. The zero-order chi connectivity index (χ0) is 31.1. The van der Waals surface area contributed by atoms with Crippen LogP contribution in [0.25, 0.3) is 11.0 Å². The van der Waals surface area contributed by atoms with Crippen molar-refractivity contribution < 1.29 is 33.3 Å². The van der Waals surface area contributed by atoms with Gasteiger partial charge in [-0.1, -0.05) is 24.6 Å². The summed E-state index contributed by atoms with van der Waals surface area (Å²) in [6, 6.07) is 6.81. The van der Waals surface area contributed by atoms with Gasteiger partial charge >= 0.3 is 11.7 Å². The third-order valence-electron chi connectivity index (χ3n) is 8.88. The summed E-state index contributed by atoms with van der Waals surface area (Å²) in [7, 11) is 7.41. The van der Waals surface area contributed by atoms with Crippen LogP contribution in [0.2, 0.25) is 5.02 Å². The normalized spacial score (nSPS) is 22.9. The molecule has 3 aromatic rings. The second kappa shape index (κ2) is 9.77. The highest BCUT2D eigenvalue weighted by Gasteiger charge is 2.63. The van der Waals surface area contributed by atoms with Crippen LogP contribution in [0.4, 0.5) is 0 Å². The van der Waals surface area contributed by atoms with Crippen LogP contribution in [0.15, 0.2) is 51.6 Å². The molecular formula is C31H30ClN3O8. The second-order valence-corrected chi connectivity index (χ2v) is 11.4. The minimum Gasteiger partial charge on any atom is -0.496 e. The quantitative estimate of drug-likeness (QED) is 0.350. The number of carbonyl (C=O) groups excluding carboxylic acids is 3. The molecule has 0 amide bonds. The molecule has 2 aliphatic heterocycles. The van der Waals surface area contributed by atoms with Crippen LogP contribution in [-0.4, -0.2) is 53.6 Å². The van der Waals surface area contributed by atoms with E-state index >= 15 is 0 Å². The molecule has 3 aliphatic rings. The Balaban J connectivity index is 1.58. The molecule has 3 atom stereocenters. The molecule has 12 heteroatoms. The van der Waals surface area contributed by atoms with Crippen molar-refractivity contribution in [3.8, 4) is 17.2 Å². The third-order valence-corrected chi connectivity index (χ3v) is 9.24. The number of ketones is 2. The average Bonchev–Trinajstić information content (AvgIpc) is 3.42. The van der Waals surface area contributed by atoms with E-state index < -0.39 is 35.0 Å². The molecule has 1 N–H and O–H groups in total. The number of rotatable bonds is 4. The summed E-state index contributed by atoms with van der Waals surface area (Å²) < 4.78 is 25.4. The number of fused-ring (bicyclic) bond motifs is 2. The molecule has 0 saturated carbocycles. The topological polar surface area (TPSA) is 127 Å². The number of esters is 1. The molecular weight excluding hydrogens is 578 g/mol. The van der Waals surface area contributed by atoms with Crippen molar-refractivity contribution in [2.45, 2.75) is 31.8 Å². The van der Waals surface area contributed by atoms with E-state index in [9.17, 15) is 19.2 Å². The van der Waals surface area contributed by atoms with E-state index in [0.717, 1.165) is 0 Å². The summed E-state index contributed by atoms with van der Waals surface area (Å²) in [5, 5.41) is 3.29. The van der Waals surface area contributed by atoms with Gasteiger partial charge in [-0.15, -0.1) is 0 Å². The van der Waals surface area contributed by atoms with E-state index in [1.807, 2.05) is 0 Å². The van der Waals surface area contributed by atoms with E-state index in [0.29, 0.717) is 28.0 Å². The number of benzene rings is 2. The highest BCUT2D eigenvalue weighted by Crippen LogP contribution is 2.56. The van der Waals surface area contributed by atoms with E-state index in [1.165, 1.54) is 36.5 Å². The lowest BCUT2D eigenvalue weighted by molar-refractivity contribution is -0.136. The molecule has 0 radical (unpaired) electrons. The zero-order valence-corrected chi connectivity index (χ0v) is 25.5. The fourth-order valence-corrected chi connectivity index (χ4v) is 6.96. The number of dihydropyridines is 1. The van der Waals surface area contributed by atoms with Crippen molar-refractivity contribution in [3.63, 3.8) is 0 Å². The van der Waals surface area contributed by atoms with Crippen molar-refractivity contribution >= 4 is 40.2 Å². The fraction of sp³-hybridized carbons (Fsp3) is 0.355. The summed E-state index contributed by atoms with van der Waals surface area (Å²) in [5.74, 6) is -2.98. The predicted octanol–water partition coefficient (Wildman–Crippen LogP) is 3.56. The van der Waals surface area contributed by atoms with Crippen molar-refractivity contribution in [2.24, 2.45) is 20.0 Å². The monoisotopic (exact) mass is 607 g/mol. The van der Waals surface area contributed by atoms with Crippen LogP contribution >= 0.6 is 11.6 Å². The average molecular weight is 608 g/mol. The number of nitrogens with one attached hydrogen (secondary N) is 1. The number of ether oxygens (including phenoxy) is 4. The molecule has 224 valence electrons. The number of imidazole rings is 1. The van der Waals surface area contributed by atoms with Crippen LogP contribution < -0.4 is 25.2 Å². The summed E-state index contributed by atoms with van der Waals surface area (Å²) in [4.78, 5) is 55.2. The number of halogens is 1. The highest BCUT2D eigenvalue weighted by molar-refractivity contribution is 6.36. The molecule has 2 aromatic carbocycles. The molecule has 0 fully saturated rings. The number of aromatic nitrogens is 2. The third kappa shape index (κ3) is 3.67. The Labute approximate surface area is 251 Å². The van der Waals surface area contributed by atoms with Gasteiger partial charge in [0, 0.05) is 49.0 Å². The van der Waals surface area contributed by atoms with Gasteiger partial charge < -0.3 is 24.3 Å². The van der Waals surface area contributed by atoms with Gasteiger partial charge in [0.2, 0.25) is 17.2 Å². The summed E-state index contributed by atoms with van der Waals surface area (Å²) in [6.45, 7) is 3.50. The zero-order valence-electron chi connectivity index (χ0n) is 24.7. The Hall–Kier alpha value is -4.51. The molecule has 1 aliphatic carbocycles. The summed E-state index contributed by atoms with van der Waals surface area (Å²) >= 11 is 6.60. The second-order valence-electron chi connectivity index (χ2n) is 11.0. The summed E-state index contributed by atoms with van der Waals surface area (Å²) in [6.07, 6.45) is 0.256. The van der Waals surface area contributed by atoms with Crippen molar-refractivity contribution in [3.05, 3.63) is 73.4 Å². The Kier molecular flexibility index (Phi) is 6.50. The smallest absolute Gasteiger partial charge is 0.336 e. The van der Waals surface area contributed by atoms with Crippen LogP contribution in [-0.2, 0) is 28.4 Å². The Morgan fingerprint density at radius 1 is 1.02 bits per heavy atom. The number of carbonyl (C=O) groups is 3.